The maximum atomic E-state index is 4.53. The number of nitrogens with one attached hydrogen (secondary N) is 2. The number of pyridine rings is 1. The van der Waals surface area contributed by atoms with Gasteiger partial charge < -0.3 is 15.5 Å². The van der Waals surface area contributed by atoms with Crippen LogP contribution in [-0.4, -0.2) is 37.6 Å². The first kappa shape index (κ1) is 20.9. The quantitative estimate of drug-likeness (QED) is 0.295. The fourth-order valence-electron chi connectivity index (χ4n) is 2.05. The molecule has 0 aromatic carbocycles. The minimum absolute atomic E-state index is 0. The molecule has 1 aromatic heterocycles. The van der Waals surface area contributed by atoms with Gasteiger partial charge in [-0.15, -0.1) is 24.0 Å². The van der Waals surface area contributed by atoms with Gasteiger partial charge >= 0.3 is 0 Å². The van der Waals surface area contributed by atoms with Crippen molar-refractivity contribution < 1.29 is 0 Å². The van der Waals surface area contributed by atoms with Gasteiger partial charge in [0.1, 0.15) is 5.82 Å². The van der Waals surface area contributed by atoms with E-state index >= 15 is 0 Å². The Balaban J connectivity index is 0.00000441. The highest BCUT2D eigenvalue weighted by molar-refractivity contribution is 14.0. The van der Waals surface area contributed by atoms with Gasteiger partial charge in [-0.25, -0.2) is 4.98 Å². The van der Waals surface area contributed by atoms with E-state index in [0.29, 0.717) is 0 Å². The molecule has 0 unspecified atom stereocenters. The van der Waals surface area contributed by atoms with Crippen LogP contribution in [0.2, 0.25) is 0 Å². The summed E-state index contributed by atoms with van der Waals surface area (Å²) in [6, 6.07) is 4.20. The minimum atomic E-state index is 0. The van der Waals surface area contributed by atoms with Gasteiger partial charge in [0.25, 0.3) is 0 Å². The lowest BCUT2D eigenvalue weighted by Gasteiger charge is -2.19. The SMILES string of the molecule is CCCCNC(=NC)NCc1ccc(N(CC)CC)nc1.I. The Kier molecular flexibility index (Phi) is 11.9. The van der Waals surface area contributed by atoms with Crippen LogP contribution in [0.4, 0.5) is 5.82 Å². The summed E-state index contributed by atoms with van der Waals surface area (Å²) >= 11 is 0. The highest BCUT2D eigenvalue weighted by Crippen LogP contribution is 2.10. The van der Waals surface area contributed by atoms with Crippen molar-refractivity contribution in [3.05, 3.63) is 23.9 Å². The lowest BCUT2D eigenvalue weighted by molar-refractivity contribution is 0.728. The van der Waals surface area contributed by atoms with Gasteiger partial charge in [-0.05, 0) is 31.9 Å². The number of nitrogens with zero attached hydrogens (tertiary/aromatic N) is 3. The highest BCUT2D eigenvalue weighted by Gasteiger charge is 2.03. The van der Waals surface area contributed by atoms with Crippen LogP contribution in [0.3, 0.4) is 0 Å². The molecular formula is C16H30IN5. The molecule has 5 nitrogen and oxygen atoms in total. The molecule has 0 bridgehead atoms. The van der Waals surface area contributed by atoms with Crippen LogP contribution in [0.15, 0.2) is 23.3 Å². The third kappa shape index (κ3) is 7.29. The maximum Gasteiger partial charge on any atom is 0.191 e. The van der Waals surface area contributed by atoms with Crippen LogP contribution in [0.1, 0.15) is 39.2 Å². The number of unbranched alkanes of at least 4 members (excludes halogenated alkanes) is 1. The molecule has 0 spiro atoms. The normalized spacial score (nSPS) is 10.8. The Morgan fingerprint density at radius 1 is 1.18 bits per heavy atom. The van der Waals surface area contributed by atoms with Crippen molar-refractivity contribution in [2.24, 2.45) is 4.99 Å². The first-order valence-electron chi connectivity index (χ1n) is 7.89. The highest BCUT2D eigenvalue weighted by atomic mass is 127. The molecule has 0 aliphatic rings. The lowest BCUT2D eigenvalue weighted by atomic mass is 10.2. The number of guanidine groups is 1. The fourth-order valence-corrected chi connectivity index (χ4v) is 2.05. The van der Waals surface area contributed by atoms with Crippen molar-refractivity contribution in [1.29, 1.82) is 0 Å². The van der Waals surface area contributed by atoms with E-state index in [9.17, 15) is 0 Å². The van der Waals surface area contributed by atoms with E-state index in [4.69, 9.17) is 0 Å². The summed E-state index contributed by atoms with van der Waals surface area (Å²) < 4.78 is 0. The Hall–Kier alpha value is -1.05. The predicted octanol–water partition coefficient (Wildman–Crippen LogP) is 3.01. The van der Waals surface area contributed by atoms with E-state index in [1.165, 1.54) is 6.42 Å². The van der Waals surface area contributed by atoms with Gasteiger partial charge in [0.05, 0.1) is 0 Å². The van der Waals surface area contributed by atoms with Crippen LogP contribution in [0, 0.1) is 0 Å². The fraction of sp³-hybridized carbons (Fsp3) is 0.625. The number of rotatable bonds is 8. The third-order valence-corrected chi connectivity index (χ3v) is 3.40. The molecule has 22 heavy (non-hydrogen) atoms. The van der Waals surface area contributed by atoms with Crippen LogP contribution >= 0.6 is 24.0 Å². The van der Waals surface area contributed by atoms with Gasteiger partial charge in [0, 0.05) is 39.4 Å². The molecule has 0 atom stereocenters. The summed E-state index contributed by atoms with van der Waals surface area (Å²) in [4.78, 5) is 11.0. The molecule has 0 radical (unpaired) electrons. The zero-order valence-electron chi connectivity index (χ0n) is 14.2. The van der Waals surface area contributed by atoms with Gasteiger partial charge in [-0.2, -0.15) is 0 Å². The predicted molar refractivity (Wildman–Crippen MR) is 106 cm³/mol. The van der Waals surface area contributed by atoms with Crippen molar-refractivity contribution in [3.63, 3.8) is 0 Å². The first-order chi connectivity index (χ1) is 10.2. The van der Waals surface area contributed by atoms with Crippen molar-refractivity contribution in [2.75, 3.05) is 31.6 Å². The average molecular weight is 419 g/mol. The van der Waals surface area contributed by atoms with E-state index in [0.717, 1.165) is 49.9 Å². The van der Waals surface area contributed by atoms with E-state index in [1.54, 1.807) is 7.05 Å². The number of aliphatic imine (C=N–C) groups is 1. The van der Waals surface area contributed by atoms with Crippen LogP contribution < -0.4 is 15.5 Å². The molecule has 0 saturated heterocycles. The molecule has 1 rings (SSSR count). The van der Waals surface area contributed by atoms with Crippen molar-refractivity contribution in [2.45, 2.75) is 40.2 Å². The average Bonchev–Trinajstić information content (AvgIpc) is 2.53. The van der Waals surface area contributed by atoms with Crippen molar-refractivity contribution in [3.8, 4) is 0 Å². The largest absolute Gasteiger partial charge is 0.357 e. The van der Waals surface area contributed by atoms with Crippen molar-refractivity contribution in [1.82, 2.24) is 15.6 Å². The van der Waals surface area contributed by atoms with E-state index < -0.39 is 0 Å². The summed E-state index contributed by atoms with van der Waals surface area (Å²) in [5, 5.41) is 6.61. The summed E-state index contributed by atoms with van der Waals surface area (Å²) in [5.41, 5.74) is 1.16. The Morgan fingerprint density at radius 3 is 2.41 bits per heavy atom. The topological polar surface area (TPSA) is 52.6 Å². The molecule has 6 heteroatoms. The molecule has 2 N–H and O–H groups in total. The zero-order chi connectivity index (χ0) is 15.5. The lowest BCUT2D eigenvalue weighted by Crippen LogP contribution is -2.37. The van der Waals surface area contributed by atoms with Crippen LogP contribution in [-0.2, 0) is 6.54 Å². The van der Waals surface area contributed by atoms with Gasteiger partial charge in [-0.1, -0.05) is 19.4 Å². The number of anilines is 1. The van der Waals surface area contributed by atoms with Crippen LogP contribution in [0.25, 0.3) is 0 Å². The molecule has 0 aliphatic carbocycles. The number of hydrogen-bond acceptors (Lipinski definition) is 3. The molecule has 1 aromatic rings. The number of aromatic nitrogens is 1. The van der Waals surface area contributed by atoms with E-state index in [-0.39, 0.29) is 24.0 Å². The zero-order valence-corrected chi connectivity index (χ0v) is 16.6. The van der Waals surface area contributed by atoms with E-state index in [2.05, 4.69) is 58.4 Å². The molecule has 126 valence electrons. The molecular weight excluding hydrogens is 389 g/mol. The monoisotopic (exact) mass is 419 g/mol. The Bertz CT molecular complexity index is 415. The third-order valence-electron chi connectivity index (χ3n) is 3.40. The Morgan fingerprint density at radius 2 is 1.91 bits per heavy atom. The smallest absolute Gasteiger partial charge is 0.191 e. The molecule has 1 heterocycles. The minimum Gasteiger partial charge on any atom is -0.357 e. The second-order valence-corrected chi connectivity index (χ2v) is 4.90. The first-order valence-corrected chi connectivity index (χ1v) is 7.89. The van der Waals surface area contributed by atoms with E-state index in [1.807, 2.05) is 6.20 Å². The summed E-state index contributed by atoms with van der Waals surface area (Å²) in [5.74, 6) is 1.88. The van der Waals surface area contributed by atoms with Gasteiger partial charge in [0.2, 0.25) is 0 Å². The second kappa shape index (κ2) is 12.5. The summed E-state index contributed by atoms with van der Waals surface area (Å²) in [6.45, 7) is 10.1. The van der Waals surface area contributed by atoms with Gasteiger partial charge in [0.15, 0.2) is 5.96 Å². The van der Waals surface area contributed by atoms with Crippen LogP contribution in [0.5, 0.6) is 0 Å². The van der Waals surface area contributed by atoms with Gasteiger partial charge in [-0.3, -0.25) is 4.99 Å². The number of hydrogen-bond donors (Lipinski definition) is 2. The maximum absolute atomic E-state index is 4.53. The standard InChI is InChI=1S/C16H29N5.HI/c1-5-8-11-18-16(17-4)20-13-14-9-10-15(19-12-14)21(6-2)7-3;/h9-10,12H,5-8,11,13H2,1-4H3,(H2,17,18,20);1H. The number of halogens is 1. The molecule has 0 fully saturated rings. The molecule has 0 saturated carbocycles. The molecule has 0 aliphatic heterocycles. The summed E-state index contributed by atoms with van der Waals surface area (Å²) in [7, 11) is 1.79. The molecule has 0 amide bonds. The second-order valence-electron chi connectivity index (χ2n) is 4.90. The summed E-state index contributed by atoms with van der Waals surface area (Å²) in [6.07, 6.45) is 4.27. The van der Waals surface area contributed by atoms with Crippen molar-refractivity contribution >= 4 is 35.8 Å². The Labute approximate surface area is 152 Å².